The zero-order valence-corrected chi connectivity index (χ0v) is 12.6. The maximum atomic E-state index is 5.84. The molecule has 0 saturated carbocycles. The van der Waals surface area contributed by atoms with Crippen molar-refractivity contribution in [1.82, 2.24) is 0 Å². The Kier molecular flexibility index (Phi) is 8.98. The zero-order valence-electron chi connectivity index (χ0n) is 12.6. The van der Waals surface area contributed by atoms with Crippen molar-refractivity contribution in [1.29, 1.82) is 0 Å². The lowest BCUT2D eigenvalue weighted by Gasteiger charge is -2.07. The van der Waals surface area contributed by atoms with Gasteiger partial charge in [0.2, 0.25) is 0 Å². The smallest absolute Gasteiger partial charge is 0.141 e. The molecule has 0 spiro atoms. The van der Waals surface area contributed by atoms with Crippen LogP contribution in [0.2, 0.25) is 0 Å². The highest BCUT2D eigenvalue weighted by atomic mass is 16.5. The van der Waals surface area contributed by atoms with Crippen molar-refractivity contribution in [2.24, 2.45) is 0 Å². The lowest BCUT2D eigenvalue weighted by Crippen LogP contribution is -1.92. The van der Waals surface area contributed by atoms with Crippen LogP contribution < -0.4 is 10.5 Å². The van der Waals surface area contributed by atoms with Gasteiger partial charge >= 0.3 is 0 Å². The SMILES string of the molecule is CC.CC.COc1ccc(-c2ccccc2)cc1N. The molecule has 104 valence electrons. The number of methoxy groups -OCH3 is 1. The number of hydrogen-bond acceptors (Lipinski definition) is 2. The van der Waals surface area contributed by atoms with Crippen molar-refractivity contribution in [2.45, 2.75) is 27.7 Å². The fourth-order valence-corrected chi connectivity index (χ4v) is 1.54. The minimum Gasteiger partial charge on any atom is -0.495 e. The maximum Gasteiger partial charge on any atom is 0.141 e. The van der Waals surface area contributed by atoms with Crippen LogP contribution in [0.5, 0.6) is 5.75 Å². The summed E-state index contributed by atoms with van der Waals surface area (Å²) >= 11 is 0. The third kappa shape index (κ3) is 5.04. The van der Waals surface area contributed by atoms with E-state index >= 15 is 0 Å². The highest BCUT2D eigenvalue weighted by Crippen LogP contribution is 2.27. The summed E-state index contributed by atoms with van der Waals surface area (Å²) in [6.45, 7) is 8.00. The largest absolute Gasteiger partial charge is 0.495 e. The van der Waals surface area contributed by atoms with E-state index in [1.165, 1.54) is 0 Å². The van der Waals surface area contributed by atoms with Crippen LogP contribution in [0.1, 0.15) is 27.7 Å². The van der Waals surface area contributed by atoms with Crippen molar-refractivity contribution in [3.63, 3.8) is 0 Å². The summed E-state index contributed by atoms with van der Waals surface area (Å²) in [7, 11) is 1.62. The van der Waals surface area contributed by atoms with Gasteiger partial charge in [-0.2, -0.15) is 0 Å². The molecule has 0 unspecified atom stereocenters. The van der Waals surface area contributed by atoms with Gasteiger partial charge in [-0.15, -0.1) is 0 Å². The molecule has 2 N–H and O–H groups in total. The molecular weight excluding hydrogens is 234 g/mol. The molecule has 0 aliphatic carbocycles. The standard InChI is InChI=1S/C13H13NO.2C2H6/c1-15-13-8-7-11(9-12(13)14)10-5-3-2-4-6-10;2*1-2/h2-9H,14H2,1H3;2*1-2H3. The summed E-state index contributed by atoms with van der Waals surface area (Å²) in [5, 5.41) is 0. The molecule has 2 aromatic rings. The average Bonchev–Trinajstić information content (AvgIpc) is 2.52. The molecule has 0 fully saturated rings. The van der Waals surface area contributed by atoms with E-state index in [-0.39, 0.29) is 0 Å². The summed E-state index contributed by atoms with van der Waals surface area (Å²) < 4.78 is 5.11. The quantitative estimate of drug-likeness (QED) is 0.770. The molecule has 19 heavy (non-hydrogen) atoms. The molecule has 0 amide bonds. The van der Waals surface area contributed by atoms with Gasteiger partial charge in [-0.3, -0.25) is 0 Å². The van der Waals surface area contributed by atoms with Crippen molar-refractivity contribution in [3.05, 3.63) is 48.5 Å². The Morgan fingerprint density at radius 3 is 1.84 bits per heavy atom. The monoisotopic (exact) mass is 259 g/mol. The fourth-order valence-electron chi connectivity index (χ4n) is 1.54. The second-order valence-corrected chi connectivity index (χ2v) is 3.32. The van der Waals surface area contributed by atoms with E-state index in [1.54, 1.807) is 7.11 Å². The number of anilines is 1. The summed E-state index contributed by atoms with van der Waals surface area (Å²) in [5.41, 5.74) is 8.77. The van der Waals surface area contributed by atoms with Crippen molar-refractivity contribution < 1.29 is 4.74 Å². The molecule has 0 aliphatic rings. The number of benzene rings is 2. The van der Waals surface area contributed by atoms with Crippen LogP contribution in [0, 0.1) is 0 Å². The molecule has 2 rings (SSSR count). The Morgan fingerprint density at radius 1 is 0.789 bits per heavy atom. The van der Waals surface area contributed by atoms with Gasteiger partial charge in [0, 0.05) is 0 Å². The number of nitrogens with two attached hydrogens (primary N) is 1. The molecule has 0 radical (unpaired) electrons. The summed E-state index contributed by atoms with van der Waals surface area (Å²) in [6.07, 6.45) is 0. The van der Waals surface area contributed by atoms with Gasteiger partial charge in [-0.05, 0) is 23.3 Å². The second-order valence-electron chi connectivity index (χ2n) is 3.32. The van der Waals surface area contributed by atoms with E-state index in [0.29, 0.717) is 5.69 Å². The minimum absolute atomic E-state index is 0.666. The number of ether oxygens (including phenoxy) is 1. The number of hydrogen-bond donors (Lipinski definition) is 1. The predicted molar refractivity (Wildman–Crippen MR) is 85.5 cm³/mol. The van der Waals surface area contributed by atoms with Crippen LogP contribution in [-0.2, 0) is 0 Å². The van der Waals surface area contributed by atoms with Gasteiger partial charge in [0.25, 0.3) is 0 Å². The lowest BCUT2D eigenvalue weighted by molar-refractivity contribution is 0.417. The first kappa shape index (κ1) is 17.0. The van der Waals surface area contributed by atoms with Crippen molar-refractivity contribution >= 4 is 5.69 Å². The minimum atomic E-state index is 0.666. The highest BCUT2D eigenvalue weighted by molar-refractivity contribution is 5.70. The van der Waals surface area contributed by atoms with E-state index in [1.807, 2.05) is 64.1 Å². The van der Waals surface area contributed by atoms with Gasteiger partial charge in [-0.1, -0.05) is 64.1 Å². The van der Waals surface area contributed by atoms with Gasteiger partial charge in [0.05, 0.1) is 12.8 Å². The van der Waals surface area contributed by atoms with Gasteiger partial charge in [-0.25, -0.2) is 0 Å². The molecule has 0 heterocycles. The first-order valence-corrected chi connectivity index (χ1v) is 6.80. The van der Waals surface area contributed by atoms with E-state index in [2.05, 4.69) is 12.1 Å². The van der Waals surface area contributed by atoms with Crippen LogP contribution in [-0.4, -0.2) is 7.11 Å². The molecule has 0 aliphatic heterocycles. The van der Waals surface area contributed by atoms with Gasteiger partial charge in [0.1, 0.15) is 5.75 Å². The molecule has 0 atom stereocenters. The first-order chi connectivity index (χ1) is 9.31. The molecule has 2 aromatic carbocycles. The zero-order chi connectivity index (χ0) is 14.7. The van der Waals surface area contributed by atoms with E-state index in [9.17, 15) is 0 Å². The van der Waals surface area contributed by atoms with E-state index in [4.69, 9.17) is 10.5 Å². The van der Waals surface area contributed by atoms with E-state index in [0.717, 1.165) is 16.9 Å². The Balaban J connectivity index is 0.000000741. The molecule has 2 heteroatoms. The van der Waals surface area contributed by atoms with Crippen LogP contribution >= 0.6 is 0 Å². The van der Waals surface area contributed by atoms with Gasteiger partial charge in [0.15, 0.2) is 0 Å². The fraction of sp³-hybridized carbons (Fsp3) is 0.294. The lowest BCUT2D eigenvalue weighted by atomic mass is 10.1. The summed E-state index contributed by atoms with van der Waals surface area (Å²) in [5.74, 6) is 0.717. The third-order valence-electron chi connectivity index (χ3n) is 2.34. The average molecular weight is 259 g/mol. The Hall–Kier alpha value is -1.96. The Morgan fingerprint density at radius 2 is 1.37 bits per heavy atom. The normalized spacial score (nSPS) is 8.47. The predicted octanol–water partition coefficient (Wildman–Crippen LogP) is 5.00. The van der Waals surface area contributed by atoms with Crippen LogP contribution in [0.3, 0.4) is 0 Å². The topological polar surface area (TPSA) is 35.2 Å². The Labute approximate surface area is 117 Å². The summed E-state index contributed by atoms with van der Waals surface area (Å²) in [4.78, 5) is 0. The van der Waals surface area contributed by atoms with Crippen molar-refractivity contribution in [3.8, 4) is 16.9 Å². The van der Waals surface area contributed by atoms with Crippen LogP contribution in [0.4, 0.5) is 5.69 Å². The Bertz CT molecular complexity index is 452. The molecule has 2 nitrogen and oxygen atoms in total. The first-order valence-electron chi connectivity index (χ1n) is 6.80. The van der Waals surface area contributed by atoms with Gasteiger partial charge < -0.3 is 10.5 Å². The molecule has 0 aromatic heterocycles. The number of nitrogen functional groups attached to an aromatic ring is 1. The summed E-state index contributed by atoms with van der Waals surface area (Å²) in [6, 6.07) is 15.9. The third-order valence-corrected chi connectivity index (χ3v) is 2.34. The highest BCUT2D eigenvalue weighted by Gasteiger charge is 2.01. The number of rotatable bonds is 2. The molecule has 0 saturated heterocycles. The van der Waals surface area contributed by atoms with Crippen LogP contribution in [0.15, 0.2) is 48.5 Å². The van der Waals surface area contributed by atoms with Crippen LogP contribution in [0.25, 0.3) is 11.1 Å². The maximum absolute atomic E-state index is 5.84. The van der Waals surface area contributed by atoms with Crippen molar-refractivity contribution in [2.75, 3.05) is 12.8 Å². The second kappa shape index (κ2) is 10.0. The molecule has 0 bridgehead atoms. The molecular formula is C17H25NO. The van der Waals surface area contributed by atoms with E-state index < -0.39 is 0 Å².